The van der Waals surface area contributed by atoms with Crippen LogP contribution in [0.15, 0.2) is 38.3 Å². The Morgan fingerprint density at radius 2 is 2.05 bits per heavy atom. The zero-order valence-corrected chi connectivity index (χ0v) is 14.2. The summed E-state index contributed by atoms with van der Waals surface area (Å²) in [5, 5.41) is 2.30. The van der Waals surface area contributed by atoms with Crippen LogP contribution in [0.1, 0.15) is 24.3 Å². The van der Waals surface area contributed by atoms with Crippen molar-refractivity contribution in [2.24, 2.45) is 0 Å². The van der Waals surface area contributed by atoms with Crippen molar-refractivity contribution in [1.82, 2.24) is 0 Å². The molecule has 1 aromatic carbocycles. The van der Waals surface area contributed by atoms with Crippen LogP contribution < -0.4 is 4.72 Å². The molecule has 1 saturated carbocycles. The summed E-state index contributed by atoms with van der Waals surface area (Å²) >= 11 is 10.5. The van der Waals surface area contributed by atoms with Gasteiger partial charge in [-0.3, -0.25) is 4.72 Å². The number of anilines is 1. The molecule has 0 aliphatic heterocycles. The van der Waals surface area contributed by atoms with E-state index in [2.05, 4.69) is 20.7 Å². The van der Waals surface area contributed by atoms with Crippen LogP contribution in [0.2, 0.25) is 5.02 Å². The van der Waals surface area contributed by atoms with Crippen LogP contribution in [-0.4, -0.2) is 8.42 Å². The molecular weight excluding hydrogens is 382 g/mol. The van der Waals surface area contributed by atoms with E-state index in [9.17, 15) is 8.42 Å². The van der Waals surface area contributed by atoms with Crippen LogP contribution in [0.5, 0.6) is 0 Å². The molecule has 7 heteroatoms. The minimum Gasteiger partial charge on any atom is -0.278 e. The van der Waals surface area contributed by atoms with Crippen molar-refractivity contribution in [2.75, 3.05) is 4.72 Å². The predicted molar refractivity (Wildman–Crippen MR) is 86.3 cm³/mol. The summed E-state index contributed by atoms with van der Waals surface area (Å²) in [6.45, 7) is 0. The molecule has 0 amide bonds. The molecule has 1 aliphatic carbocycles. The van der Waals surface area contributed by atoms with Crippen LogP contribution in [-0.2, 0) is 10.0 Å². The van der Waals surface area contributed by atoms with E-state index in [1.807, 2.05) is 11.4 Å². The molecule has 3 nitrogen and oxygen atoms in total. The van der Waals surface area contributed by atoms with Gasteiger partial charge in [0.05, 0.1) is 15.2 Å². The number of nitrogens with one attached hydrogen (secondary N) is 1. The highest BCUT2D eigenvalue weighted by atomic mass is 79.9. The van der Waals surface area contributed by atoms with Gasteiger partial charge in [-0.25, -0.2) is 8.42 Å². The first-order chi connectivity index (χ1) is 9.49. The summed E-state index contributed by atoms with van der Waals surface area (Å²) in [6.07, 6.45) is 2.14. The lowest BCUT2D eigenvalue weighted by Gasteiger charge is -2.10. The zero-order valence-electron chi connectivity index (χ0n) is 10.3. The second kappa shape index (κ2) is 5.33. The van der Waals surface area contributed by atoms with E-state index in [1.165, 1.54) is 11.3 Å². The zero-order chi connectivity index (χ0) is 14.3. The van der Waals surface area contributed by atoms with E-state index in [1.54, 1.807) is 18.2 Å². The van der Waals surface area contributed by atoms with E-state index >= 15 is 0 Å². The Morgan fingerprint density at radius 1 is 1.30 bits per heavy atom. The fourth-order valence-electron chi connectivity index (χ4n) is 1.99. The van der Waals surface area contributed by atoms with Crippen molar-refractivity contribution >= 4 is 54.6 Å². The number of halogens is 2. The van der Waals surface area contributed by atoms with E-state index in [-0.39, 0.29) is 0 Å². The lowest BCUT2D eigenvalue weighted by molar-refractivity contribution is 0.602. The molecule has 3 rings (SSSR count). The average Bonchev–Trinajstić information content (AvgIpc) is 3.11. The first-order valence-corrected chi connectivity index (χ1v) is 9.56. The highest BCUT2D eigenvalue weighted by Crippen LogP contribution is 2.45. The topological polar surface area (TPSA) is 46.2 Å². The van der Waals surface area contributed by atoms with Crippen LogP contribution >= 0.6 is 38.9 Å². The third kappa shape index (κ3) is 2.74. The van der Waals surface area contributed by atoms with E-state index < -0.39 is 10.0 Å². The summed E-state index contributed by atoms with van der Waals surface area (Å²) in [7, 11) is -3.57. The second-order valence-corrected chi connectivity index (χ2v) is 8.64. The highest BCUT2D eigenvalue weighted by molar-refractivity contribution is 9.10. The van der Waals surface area contributed by atoms with Gasteiger partial charge in [0.1, 0.15) is 4.21 Å². The average molecular weight is 393 g/mol. The van der Waals surface area contributed by atoms with Crippen LogP contribution in [0.25, 0.3) is 0 Å². The summed E-state index contributed by atoms with van der Waals surface area (Å²) in [5.74, 6) is 0.399. The van der Waals surface area contributed by atoms with E-state index in [4.69, 9.17) is 11.6 Å². The van der Waals surface area contributed by atoms with Crippen molar-refractivity contribution in [3.63, 3.8) is 0 Å². The molecule has 1 aliphatic rings. The quantitative estimate of drug-likeness (QED) is 0.809. The Labute approximate surface area is 135 Å². The number of benzene rings is 1. The Bertz CT molecular complexity index is 753. The molecule has 20 heavy (non-hydrogen) atoms. The van der Waals surface area contributed by atoms with Gasteiger partial charge in [0.2, 0.25) is 0 Å². The normalized spacial score (nSPS) is 15.3. The third-order valence-electron chi connectivity index (χ3n) is 3.12. The summed E-state index contributed by atoms with van der Waals surface area (Å²) in [6, 6.07) is 6.99. The van der Waals surface area contributed by atoms with Crippen molar-refractivity contribution in [1.29, 1.82) is 0 Å². The molecule has 106 valence electrons. The van der Waals surface area contributed by atoms with Crippen molar-refractivity contribution in [3.8, 4) is 0 Å². The standard InChI is InChI=1S/C13H11BrClNO2S2/c14-12-10(15)2-1-3-11(12)16-20(17,18)13-9(6-7-19-13)8-4-5-8/h1-3,6-8,16H,4-5H2. The molecule has 1 aromatic heterocycles. The van der Waals surface area contributed by atoms with Gasteiger partial charge in [0, 0.05) is 0 Å². The number of thiophene rings is 1. The lowest BCUT2D eigenvalue weighted by Crippen LogP contribution is -2.13. The summed E-state index contributed by atoms with van der Waals surface area (Å²) in [5.41, 5.74) is 1.38. The van der Waals surface area contributed by atoms with Crippen LogP contribution in [0.4, 0.5) is 5.69 Å². The number of hydrogen-bond acceptors (Lipinski definition) is 3. The molecular formula is C13H11BrClNO2S2. The fraction of sp³-hybridized carbons (Fsp3) is 0.231. The Kier molecular flexibility index (Phi) is 3.83. The van der Waals surface area contributed by atoms with Crippen molar-refractivity contribution in [2.45, 2.75) is 23.0 Å². The van der Waals surface area contributed by atoms with Gasteiger partial charge in [0.15, 0.2) is 0 Å². The number of sulfonamides is 1. The first kappa shape index (κ1) is 14.4. The smallest absolute Gasteiger partial charge is 0.271 e. The van der Waals surface area contributed by atoms with Crippen LogP contribution in [0.3, 0.4) is 0 Å². The van der Waals surface area contributed by atoms with Gasteiger partial charge >= 0.3 is 0 Å². The van der Waals surface area contributed by atoms with E-state index in [0.717, 1.165) is 18.4 Å². The van der Waals surface area contributed by atoms with Gasteiger partial charge in [0.25, 0.3) is 10.0 Å². The van der Waals surface area contributed by atoms with Gasteiger partial charge in [-0.15, -0.1) is 11.3 Å². The lowest BCUT2D eigenvalue weighted by atomic mass is 10.2. The maximum absolute atomic E-state index is 12.5. The molecule has 1 heterocycles. The predicted octanol–water partition coefficient (Wildman–Crippen LogP) is 4.84. The second-order valence-electron chi connectivity index (χ2n) is 4.64. The number of rotatable bonds is 4. The fourth-order valence-corrected chi connectivity index (χ4v) is 5.27. The molecule has 2 aromatic rings. The molecule has 0 radical (unpaired) electrons. The Balaban J connectivity index is 1.96. The SMILES string of the molecule is O=S(=O)(Nc1cccc(Cl)c1Br)c1sccc1C1CC1. The van der Waals surface area contributed by atoms with E-state index in [0.29, 0.717) is 25.3 Å². The minimum absolute atomic E-state index is 0.399. The Hall–Kier alpha value is -0.560. The maximum atomic E-state index is 12.5. The molecule has 0 atom stereocenters. The highest BCUT2D eigenvalue weighted by Gasteiger charge is 2.31. The number of hydrogen-bond donors (Lipinski definition) is 1. The maximum Gasteiger partial charge on any atom is 0.271 e. The van der Waals surface area contributed by atoms with Gasteiger partial charge in [-0.05, 0) is 63.8 Å². The largest absolute Gasteiger partial charge is 0.278 e. The monoisotopic (exact) mass is 391 g/mol. The molecule has 1 fully saturated rings. The van der Waals surface area contributed by atoms with Crippen LogP contribution in [0, 0.1) is 0 Å². The third-order valence-corrected chi connectivity index (χ3v) is 7.39. The van der Waals surface area contributed by atoms with Gasteiger partial charge in [-0.2, -0.15) is 0 Å². The van der Waals surface area contributed by atoms with Gasteiger partial charge < -0.3 is 0 Å². The summed E-state index contributed by atoms with van der Waals surface area (Å²) in [4.78, 5) is 0. The molecule has 0 bridgehead atoms. The molecule has 0 saturated heterocycles. The van der Waals surface area contributed by atoms with Gasteiger partial charge in [-0.1, -0.05) is 17.7 Å². The molecule has 1 N–H and O–H groups in total. The first-order valence-electron chi connectivity index (χ1n) is 6.03. The summed E-state index contributed by atoms with van der Waals surface area (Å²) < 4.78 is 28.6. The van der Waals surface area contributed by atoms with Crippen molar-refractivity contribution < 1.29 is 8.42 Å². The van der Waals surface area contributed by atoms with Crippen molar-refractivity contribution in [3.05, 3.63) is 44.7 Å². The molecule has 0 unspecified atom stereocenters. The Morgan fingerprint density at radius 3 is 2.75 bits per heavy atom. The molecule has 0 spiro atoms. The minimum atomic E-state index is -3.57.